The predicted octanol–water partition coefficient (Wildman–Crippen LogP) is 2.66. The average Bonchev–Trinajstić information content (AvgIpc) is 3.38. The predicted molar refractivity (Wildman–Crippen MR) is 123 cm³/mol. The van der Waals surface area contributed by atoms with Crippen molar-refractivity contribution in [2.45, 2.75) is 32.7 Å². The Morgan fingerprint density at radius 3 is 2.91 bits per heavy atom. The first kappa shape index (κ1) is 21.2. The number of nitrogens with one attached hydrogen (secondary N) is 1. The van der Waals surface area contributed by atoms with Gasteiger partial charge in [-0.05, 0) is 43.4 Å². The molecule has 2 aliphatic rings. The fourth-order valence-corrected chi connectivity index (χ4v) is 4.36. The van der Waals surface area contributed by atoms with E-state index in [0.717, 1.165) is 54.5 Å². The molecule has 9 nitrogen and oxygen atoms in total. The molecule has 1 atom stereocenters. The van der Waals surface area contributed by atoms with Crippen molar-refractivity contribution in [1.82, 2.24) is 24.8 Å². The molecule has 1 amide bonds. The highest BCUT2D eigenvalue weighted by molar-refractivity contribution is 5.76. The molecular formula is C24H28N6O3. The fourth-order valence-electron chi connectivity index (χ4n) is 4.36. The topological polar surface area (TPSA) is 94.4 Å². The Bertz CT molecular complexity index is 1120. The number of carbonyl (C=O) groups is 1. The van der Waals surface area contributed by atoms with Gasteiger partial charge >= 0.3 is 0 Å². The standard InChI is InChI=1S/C24H28N6O3/c1-17-11-22(28-24(27-17)30-8-6-25-16-30)29-7-2-3-19(15-29)13-23(31)26-14-18-4-5-20-21(12-18)33-10-9-32-20/h4-6,8,11-12,16,19H,2-3,7,9-10,13-15H2,1H3,(H,26,31). The molecule has 1 fully saturated rings. The third-order valence-corrected chi connectivity index (χ3v) is 5.98. The van der Waals surface area contributed by atoms with Crippen LogP contribution in [0.4, 0.5) is 5.82 Å². The number of hydrogen-bond donors (Lipinski definition) is 1. The largest absolute Gasteiger partial charge is 0.486 e. The minimum Gasteiger partial charge on any atom is -0.486 e. The van der Waals surface area contributed by atoms with Crippen LogP contribution in [-0.4, -0.2) is 51.7 Å². The smallest absolute Gasteiger partial charge is 0.237 e. The minimum absolute atomic E-state index is 0.0645. The first-order valence-corrected chi connectivity index (χ1v) is 11.4. The lowest BCUT2D eigenvalue weighted by Gasteiger charge is -2.33. The monoisotopic (exact) mass is 448 g/mol. The quantitative estimate of drug-likeness (QED) is 0.620. The summed E-state index contributed by atoms with van der Waals surface area (Å²) < 4.78 is 13.0. The van der Waals surface area contributed by atoms with Gasteiger partial charge in [-0.2, -0.15) is 4.98 Å². The number of rotatable bonds is 6. The maximum Gasteiger partial charge on any atom is 0.237 e. The van der Waals surface area contributed by atoms with E-state index in [1.807, 2.05) is 42.0 Å². The molecule has 1 aromatic carbocycles. The first-order valence-electron chi connectivity index (χ1n) is 11.4. The lowest BCUT2D eigenvalue weighted by molar-refractivity contribution is -0.122. The molecular weight excluding hydrogens is 420 g/mol. The summed E-state index contributed by atoms with van der Waals surface area (Å²) in [6, 6.07) is 7.80. The van der Waals surface area contributed by atoms with Crippen molar-refractivity contribution in [2.75, 3.05) is 31.2 Å². The molecule has 4 heterocycles. The molecule has 1 N–H and O–H groups in total. The number of anilines is 1. The van der Waals surface area contributed by atoms with Crippen molar-refractivity contribution >= 4 is 11.7 Å². The van der Waals surface area contributed by atoms with Crippen molar-refractivity contribution in [3.05, 3.63) is 54.2 Å². The number of aryl methyl sites for hydroxylation is 1. The van der Waals surface area contributed by atoms with Gasteiger partial charge < -0.3 is 19.7 Å². The SMILES string of the molecule is Cc1cc(N2CCCC(CC(=O)NCc3ccc4c(c3)OCCO4)C2)nc(-n2ccnc2)n1. The zero-order valence-corrected chi connectivity index (χ0v) is 18.7. The second-order valence-corrected chi connectivity index (χ2v) is 8.55. The lowest BCUT2D eigenvalue weighted by Crippen LogP contribution is -2.38. The van der Waals surface area contributed by atoms with E-state index >= 15 is 0 Å². The zero-order chi connectivity index (χ0) is 22.6. The fraction of sp³-hybridized carbons (Fsp3) is 0.417. The molecule has 9 heteroatoms. The summed E-state index contributed by atoms with van der Waals surface area (Å²) in [4.78, 5) is 28.3. The Morgan fingerprint density at radius 1 is 1.18 bits per heavy atom. The normalized spacial score (nSPS) is 17.6. The van der Waals surface area contributed by atoms with Crippen LogP contribution < -0.4 is 19.7 Å². The van der Waals surface area contributed by atoms with E-state index in [0.29, 0.717) is 32.1 Å². The van der Waals surface area contributed by atoms with Crippen LogP contribution in [0.2, 0.25) is 0 Å². The second-order valence-electron chi connectivity index (χ2n) is 8.55. The van der Waals surface area contributed by atoms with Gasteiger partial charge in [-0.15, -0.1) is 0 Å². The van der Waals surface area contributed by atoms with Crippen molar-refractivity contribution in [2.24, 2.45) is 5.92 Å². The number of nitrogens with zero attached hydrogens (tertiary/aromatic N) is 5. The number of aromatic nitrogens is 4. The van der Waals surface area contributed by atoms with Crippen LogP contribution in [0.15, 0.2) is 43.0 Å². The Balaban J connectivity index is 1.18. The molecule has 0 radical (unpaired) electrons. The van der Waals surface area contributed by atoms with Crippen molar-refractivity contribution in [1.29, 1.82) is 0 Å². The maximum atomic E-state index is 12.7. The van der Waals surface area contributed by atoms with Crippen LogP contribution in [0.5, 0.6) is 11.5 Å². The third-order valence-electron chi connectivity index (χ3n) is 5.98. The highest BCUT2D eigenvalue weighted by atomic mass is 16.6. The average molecular weight is 449 g/mol. The molecule has 0 saturated carbocycles. The van der Waals surface area contributed by atoms with Gasteiger partial charge in [-0.1, -0.05) is 6.07 Å². The molecule has 1 saturated heterocycles. The number of piperidine rings is 1. The molecule has 3 aromatic rings. The van der Waals surface area contributed by atoms with Gasteiger partial charge in [-0.3, -0.25) is 9.36 Å². The third kappa shape index (κ3) is 5.08. The van der Waals surface area contributed by atoms with E-state index in [4.69, 9.17) is 14.5 Å². The van der Waals surface area contributed by atoms with E-state index < -0.39 is 0 Å². The molecule has 0 bridgehead atoms. The minimum atomic E-state index is 0.0645. The van der Waals surface area contributed by atoms with E-state index in [-0.39, 0.29) is 11.8 Å². The summed E-state index contributed by atoms with van der Waals surface area (Å²) in [6.45, 7) is 5.30. The molecule has 5 rings (SSSR count). The summed E-state index contributed by atoms with van der Waals surface area (Å²) in [5, 5.41) is 3.05. The summed E-state index contributed by atoms with van der Waals surface area (Å²) in [7, 11) is 0. The summed E-state index contributed by atoms with van der Waals surface area (Å²) in [6.07, 6.45) is 7.81. The van der Waals surface area contributed by atoms with Gasteiger partial charge in [0.05, 0.1) is 0 Å². The van der Waals surface area contributed by atoms with Gasteiger partial charge in [-0.25, -0.2) is 9.97 Å². The highest BCUT2D eigenvalue weighted by Gasteiger charge is 2.24. The van der Waals surface area contributed by atoms with Crippen molar-refractivity contribution < 1.29 is 14.3 Å². The molecule has 0 spiro atoms. The Morgan fingerprint density at radius 2 is 2.06 bits per heavy atom. The van der Waals surface area contributed by atoms with Gasteiger partial charge in [0.2, 0.25) is 11.9 Å². The Kier molecular flexibility index (Phi) is 6.10. The van der Waals surface area contributed by atoms with Crippen LogP contribution in [-0.2, 0) is 11.3 Å². The molecule has 33 heavy (non-hydrogen) atoms. The number of ether oxygens (including phenoxy) is 2. The van der Waals surface area contributed by atoms with Gasteiger partial charge in [0.15, 0.2) is 11.5 Å². The van der Waals surface area contributed by atoms with Gasteiger partial charge in [0, 0.05) is 50.2 Å². The van der Waals surface area contributed by atoms with Crippen molar-refractivity contribution in [3.63, 3.8) is 0 Å². The zero-order valence-electron chi connectivity index (χ0n) is 18.7. The second kappa shape index (κ2) is 9.48. The van der Waals surface area contributed by atoms with Gasteiger partial charge in [0.25, 0.3) is 0 Å². The first-order chi connectivity index (χ1) is 16.1. The van der Waals surface area contributed by atoms with Crippen LogP contribution in [0.1, 0.15) is 30.5 Å². The van der Waals surface area contributed by atoms with Gasteiger partial charge in [0.1, 0.15) is 25.4 Å². The van der Waals surface area contributed by atoms with E-state index in [1.165, 1.54) is 0 Å². The lowest BCUT2D eigenvalue weighted by atomic mass is 9.94. The van der Waals surface area contributed by atoms with E-state index in [1.54, 1.807) is 12.5 Å². The molecule has 0 aliphatic carbocycles. The van der Waals surface area contributed by atoms with E-state index in [2.05, 4.69) is 20.2 Å². The molecule has 1 unspecified atom stereocenters. The summed E-state index contributed by atoms with van der Waals surface area (Å²) >= 11 is 0. The molecule has 2 aliphatic heterocycles. The van der Waals surface area contributed by atoms with Crippen LogP contribution in [0.3, 0.4) is 0 Å². The van der Waals surface area contributed by atoms with Crippen LogP contribution >= 0.6 is 0 Å². The number of carbonyl (C=O) groups excluding carboxylic acids is 1. The number of hydrogen-bond acceptors (Lipinski definition) is 7. The van der Waals surface area contributed by atoms with E-state index in [9.17, 15) is 4.79 Å². The van der Waals surface area contributed by atoms with Crippen LogP contribution in [0, 0.1) is 12.8 Å². The summed E-state index contributed by atoms with van der Waals surface area (Å²) in [5.41, 5.74) is 1.91. The van der Waals surface area contributed by atoms with Crippen LogP contribution in [0.25, 0.3) is 5.95 Å². The molecule has 2 aromatic heterocycles. The molecule has 172 valence electrons. The number of imidazole rings is 1. The number of benzene rings is 1. The maximum absolute atomic E-state index is 12.7. The Hall–Kier alpha value is -3.62. The number of fused-ring (bicyclic) bond motifs is 1. The summed E-state index contributed by atoms with van der Waals surface area (Å²) in [5.74, 6) is 3.36. The highest BCUT2D eigenvalue weighted by Crippen LogP contribution is 2.31. The number of amides is 1. The van der Waals surface area contributed by atoms with Crippen molar-refractivity contribution in [3.8, 4) is 17.4 Å². The Labute approximate surface area is 192 Å².